The normalized spacial score (nSPS) is 11.9. The van der Waals surface area contributed by atoms with Crippen LogP contribution in [0.5, 0.6) is 5.75 Å². The lowest BCUT2D eigenvalue weighted by molar-refractivity contribution is -0.394. The summed E-state index contributed by atoms with van der Waals surface area (Å²) < 4.78 is 4.91. The molecule has 0 aliphatic carbocycles. The Balaban J connectivity index is 2.97. The molecule has 0 saturated carbocycles. The molecular formula is C9H10N2O7. The highest BCUT2D eigenvalue weighted by Gasteiger charge is 2.21. The molecular weight excluding hydrogens is 248 g/mol. The predicted molar refractivity (Wildman–Crippen MR) is 58.3 cm³/mol. The molecule has 0 bridgehead atoms. The summed E-state index contributed by atoms with van der Waals surface area (Å²) in [6, 6.07) is 2.88. The lowest BCUT2D eigenvalue weighted by Gasteiger charge is -2.09. The highest BCUT2D eigenvalue weighted by atomic mass is 16.6. The Morgan fingerprint density at radius 3 is 2.44 bits per heavy atom. The van der Waals surface area contributed by atoms with E-state index in [0.717, 1.165) is 18.2 Å². The smallest absolute Gasteiger partial charge is 0.317 e. The van der Waals surface area contributed by atoms with Crippen molar-refractivity contribution in [2.75, 3.05) is 13.2 Å². The van der Waals surface area contributed by atoms with Crippen LogP contribution in [0, 0.1) is 20.2 Å². The molecule has 9 heteroatoms. The van der Waals surface area contributed by atoms with E-state index in [4.69, 9.17) is 14.9 Å². The molecule has 0 spiro atoms. The Bertz CT molecular complexity index is 462. The molecule has 0 unspecified atom stereocenters. The van der Waals surface area contributed by atoms with E-state index in [9.17, 15) is 20.2 Å². The van der Waals surface area contributed by atoms with Gasteiger partial charge in [-0.1, -0.05) is 0 Å². The molecule has 0 fully saturated rings. The van der Waals surface area contributed by atoms with Crippen LogP contribution in [0.1, 0.15) is 0 Å². The maximum Gasteiger partial charge on any atom is 0.317 e. The van der Waals surface area contributed by atoms with Crippen LogP contribution in [-0.4, -0.2) is 39.4 Å². The third kappa shape index (κ3) is 3.37. The van der Waals surface area contributed by atoms with Crippen molar-refractivity contribution in [1.29, 1.82) is 0 Å². The SMILES string of the molecule is O=[N+]([O-])c1ccc(OC[C@H](O)CO)c([N+](=O)[O-])c1. The fourth-order valence-electron chi connectivity index (χ4n) is 1.12. The Morgan fingerprint density at radius 1 is 1.28 bits per heavy atom. The van der Waals surface area contributed by atoms with Gasteiger partial charge in [-0.3, -0.25) is 20.2 Å². The number of rotatable bonds is 6. The zero-order chi connectivity index (χ0) is 13.7. The number of non-ortho nitro benzene ring substituents is 1. The molecule has 98 valence electrons. The van der Waals surface area contributed by atoms with E-state index in [1.165, 1.54) is 0 Å². The van der Waals surface area contributed by atoms with Gasteiger partial charge in [-0.05, 0) is 6.07 Å². The second-order valence-electron chi connectivity index (χ2n) is 3.31. The average molecular weight is 258 g/mol. The fraction of sp³-hybridized carbons (Fsp3) is 0.333. The molecule has 2 N–H and O–H groups in total. The fourth-order valence-corrected chi connectivity index (χ4v) is 1.12. The van der Waals surface area contributed by atoms with Gasteiger partial charge in [0, 0.05) is 6.07 Å². The summed E-state index contributed by atoms with van der Waals surface area (Å²) >= 11 is 0. The van der Waals surface area contributed by atoms with Gasteiger partial charge in [-0.25, -0.2) is 0 Å². The van der Waals surface area contributed by atoms with Gasteiger partial charge in [0.15, 0.2) is 5.75 Å². The largest absolute Gasteiger partial charge is 0.484 e. The Morgan fingerprint density at radius 2 is 1.94 bits per heavy atom. The van der Waals surface area contributed by atoms with Gasteiger partial charge in [0.25, 0.3) is 5.69 Å². The van der Waals surface area contributed by atoms with Crippen LogP contribution in [0.15, 0.2) is 18.2 Å². The van der Waals surface area contributed by atoms with Crippen LogP contribution in [-0.2, 0) is 0 Å². The first-order valence-electron chi connectivity index (χ1n) is 4.80. The molecule has 0 aliphatic rings. The zero-order valence-corrected chi connectivity index (χ0v) is 9.05. The summed E-state index contributed by atoms with van der Waals surface area (Å²) in [6.45, 7) is -0.907. The first-order chi connectivity index (χ1) is 8.45. The third-order valence-corrected chi connectivity index (χ3v) is 1.99. The van der Waals surface area contributed by atoms with Crippen LogP contribution >= 0.6 is 0 Å². The molecule has 0 aromatic heterocycles. The second-order valence-corrected chi connectivity index (χ2v) is 3.31. The van der Waals surface area contributed by atoms with Crippen LogP contribution in [0.2, 0.25) is 0 Å². The first-order valence-corrected chi connectivity index (χ1v) is 4.80. The molecule has 1 aromatic carbocycles. The van der Waals surface area contributed by atoms with E-state index < -0.39 is 33.9 Å². The molecule has 1 rings (SSSR count). The maximum absolute atomic E-state index is 10.7. The molecule has 1 aromatic rings. The minimum Gasteiger partial charge on any atom is -0.484 e. The molecule has 18 heavy (non-hydrogen) atoms. The van der Waals surface area contributed by atoms with Crippen molar-refractivity contribution in [3.05, 3.63) is 38.4 Å². The molecule has 0 radical (unpaired) electrons. The van der Waals surface area contributed by atoms with Gasteiger partial charge in [-0.2, -0.15) is 0 Å². The Kier molecular flexibility index (Phi) is 4.52. The minimum atomic E-state index is -1.18. The van der Waals surface area contributed by atoms with E-state index in [1.54, 1.807) is 0 Å². The summed E-state index contributed by atoms with van der Waals surface area (Å²) in [5, 5.41) is 38.8. The van der Waals surface area contributed by atoms with Crippen molar-refractivity contribution in [1.82, 2.24) is 0 Å². The van der Waals surface area contributed by atoms with Crippen LogP contribution < -0.4 is 4.74 Å². The summed E-state index contributed by atoms with van der Waals surface area (Å²) in [5.74, 6) is -0.210. The minimum absolute atomic E-state index is 0.210. The number of hydrogen-bond donors (Lipinski definition) is 2. The van der Waals surface area contributed by atoms with Gasteiger partial charge in [-0.15, -0.1) is 0 Å². The summed E-state index contributed by atoms with van der Waals surface area (Å²) in [4.78, 5) is 19.6. The number of aliphatic hydroxyl groups is 2. The number of hydrogen-bond acceptors (Lipinski definition) is 7. The van der Waals surface area contributed by atoms with Crippen molar-refractivity contribution >= 4 is 11.4 Å². The van der Waals surface area contributed by atoms with Crippen LogP contribution in [0.25, 0.3) is 0 Å². The van der Waals surface area contributed by atoms with Gasteiger partial charge < -0.3 is 14.9 Å². The quantitative estimate of drug-likeness (QED) is 0.550. The molecule has 0 saturated heterocycles. The molecule has 9 nitrogen and oxygen atoms in total. The summed E-state index contributed by atoms with van der Waals surface area (Å²) in [7, 11) is 0. The maximum atomic E-state index is 10.7. The Hall–Kier alpha value is -2.26. The standard InChI is InChI=1S/C9H10N2O7/c12-4-7(13)5-18-9-2-1-6(10(14)15)3-8(9)11(16)17/h1-3,7,12-13H,4-5H2/t7-/m1/s1. The van der Waals surface area contributed by atoms with Crippen LogP contribution in [0.3, 0.4) is 0 Å². The Labute approximate surface area is 101 Å². The number of aliphatic hydroxyl groups excluding tert-OH is 2. The van der Waals surface area contributed by atoms with E-state index in [2.05, 4.69) is 0 Å². The monoisotopic (exact) mass is 258 g/mol. The molecule has 0 amide bonds. The number of nitrogens with zero attached hydrogens (tertiary/aromatic N) is 2. The highest BCUT2D eigenvalue weighted by Crippen LogP contribution is 2.30. The first kappa shape index (κ1) is 13.8. The summed E-state index contributed by atoms with van der Waals surface area (Å²) in [6.07, 6.45) is -1.18. The van der Waals surface area contributed by atoms with Crippen molar-refractivity contribution in [2.45, 2.75) is 6.10 Å². The van der Waals surface area contributed by atoms with Gasteiger partial charge in [0.05, 0.1) is 22.5 Å². The van der Waals surface area contributed by atoms with Crippen molar-refractivity contribution in [3.63, 3.8) is 0 Å². The third-order valence-electron chi connectivity index (χ3n) is 1.99. The number of nitro groups is 2. The highest BCUT2D eigenvalue weighted by molar-refractivity contribution is 5.53. The van der Waals surface area contributed by atoms with Crippen molar-refractivity contribution in [3.8, 4) is 5.75 Å². The second kappa shape index (κ2) is 5.89. The number of nitro benzene ring substituents is 2. The van der Waals surface area contributed by atoms with Gasteiger partial charge in [0.1, 0.15) is 12.7 Å². The zero-order valence-electron chi connectivity index (χ0n) is 9.05. The van der Waals surface area contributed by atoms with E-state index in [1.807, 2.05) is 0 Å². The van der Waals surface area contributed by atoms with Crippen LogP contribution in [0.4, 0.5) is 11.4 Å². The topological polar surface area (TPSA) is 136 Å². The lowest BCUT2D eigenvalue weighted by Crippen LogP contribution is -2.21. The van der Waals surface area contributed by atoms with Crippen molar-refractivity contribution < 1.29 is 24.8 Å². The van der Waals surface area contributed by atoms with Crippen molar-refractivity contribution in [2.24, 2.45) is 0 Å². The van der Waals surface area contributed by atoms with E-state index in [0.29, 0.717) is 0 Å². The summed E-state index contributed by atoms with van der Waals surface area (Å²) in [5.41, 5.74) is -1.01. The molecule has 1 atom stereocenters. The van der Waals surface area contributed by atoms with Gasteiger partial charge in [0.2, 0.25) is 0 Å². The predicted octanol–water partition coefficient (Wildman–Crippen LogP) is 0.235. The number of ether oxygens (including phenoxy) is 1. The molecule has 0 aliphatic heterocycles. The van der Waals surface area contributed by atoms with Gasteiger partial charge >= 0.3 is 5.69 Å². The average Bonchev–Trinajstić information content (AvgIpc) is 2.35. The lowest BCUT2D eigenvalue weighted by atomic mass is 10.2. The number of benzene rings is 1. The molecule has 0 heterocycles. The van der Waals surface area contributed by atoms with E-state index >= 15 is 0 Å². The van der Waals surface area contributed by atoms with E-state index in [-0.39, 0.29) is 12.4 Å².